The second kappa shape index (κ2) is 6.40. The van der Waals surface area contributed by atoms with Gasteiger partial charge in [-0.1, -0.05) is 30.3 Å². The lowest BCUT2D eigenvalue weighted by Gasteiger charge is -2.00. The highest BCUT2D eigenvalue weighted by atomic mass is 16.5. The number of carbonyl (C=O) groups excluding carboxylic acids is 1. The molecule has 19 heavy (non-hydrogen) atoms. The summed E-state index contributed by atoms with van der Waals surface area (Å²) in [5, 5.41) is 0. The second-order valence-electron chi connectivity index (χ2n) is 3.84. The second-order valence-corrected chi connectivity index (χ2v) is 3.84. The SMILES string of the molecule is COc1ccc(/C=C/C(=O)Oc2ccccc2)cc1. The van der Waals surface area contributed by atoms with Gasteiger partial charge in [0.15, 0.2) is 0 Å². The van der Waals surface area contributed by atoms with Crippen molar-refractivity contribution in [2.45, 2.75) is 0 Å². The van der Waals surface area contributed by atoms with Gasteiger partial charge in [0.2, 0.25) is 0 Å². The summed E-state index contributed by atoms with van der Waals surface area (Å²) in [6.07, 6.45) is 3.10. The zero-order chi connectivity index (χ0) is 13.5. The van der Waals surface area contributed by atoms with E-state index in [1.807, 2.05) is 42.5 Å². The number of ether oxygens (including phenoxy) is 2. The van der Waals surface area contributed by atoms with E-state index >= 15 is 0 Å². The van der Waals surface area contributed by atoms with Crippen molar-refractivity contribution in [1.29, 1.82) is 0 Å². The summed E-state index contributed by atoms with van der Waals surface area (Å²) in [7, 11) is 1.61. The Morgan fingerprint density at radius 2 is 1.63 bits per heavy atom. The average Bonchev–Trinajstić information content (AvgIpc) is 2.47. The molecule has 2 aromatic rings. The molecule has 0 unspecified atom stereocenters. The fraction of sp³-hybridized carbons (Fsp3) is 0.0625. The molecule has 0 aliphatic carbocycles. The van der Waals surface area contributed by atoms with Crippen LogP contribution in [-0.2, 0) is 4.79 Å². The third-order valence-electron chi connectivity index (χ3n) is 2.49. The largest absolute Gasteiger partial charge is 0.497 e. The molecule has 0 amide bonds. The smallest absolute Gasteiger partial charge is 0.336 e. The van der Waals surface area contributed by atoms with Gasteiger partial charge in [0, 0.05) is 6.08 Å². The average molecular weight is 254 g/mol. The molecular formula is C16H14O3. The molecule has 0 spiro atoms. The van der Waals surface area contributed by atoms with Crippen LogP contribution in [0.1, 0.15) is 5.56 Å². The van der Waals surface area contributed by atoms with Crippen LogP contribution < -0.4 is 9.47 Å². The Labute approximate surface area is 112 Å². The zero-order valence-electron chi connectivity index (χ0n) is 10.6. The van der Waals surface area contributed by atoms with Crippen LogP contribution in [0.5, 0.6) is 11.5 Å². The first-order valence-corrected chi connectivity index (χ1v) is 5.87. The van der Waals surface area contributed by atoms with Gasteiger partial charge >= 0.3 is 5.97 Å². The Morgan fingerprint density at radius 1 is 0.947 bits per heavy atom. The summed E-state index contributed by atoms with van der Waals surface area (Å²) >= 11 is 0. The van der Waals surface area contributed by atoms with Crippen molar-refractivity contribution in [3.8, 4) is 11.5 Å². The molecule has 0 saturated carbocycles. The van der Waals surface area contributed by atoms with Gasteiger partial charge in [-0.15, -0.1) is 0 Å². The maximum Gasteiger partial charge on any atom is 0.336 e. The molecule has 3 heteroatoms. The predicted octanol–water partition coefficient (Wildman–Crippen LogP) is 3.31. The van der Waals surface area contributed by atoms with Crippen LogP contribution in [0.2, 0.25) is 0 Å². The highest BCUT2D eigenvalue weighted by molar-refractivity contribution is 5.88. The van der Waals surface area contributed by atoms with Crippen molar-refractivity contribution >= 4 is 12.0 Å². The van der Waals surface area contributed by atoms with Crippen LogP contribution in [0.3, 0.4) is 0 Å². The molecule has 0 saturated heterocycles. The van der Waals surface area contributed by atoms with E-state index in [0.717, 1.165) is 11.3 Å². The quantitative estimate of drug-likeness (QED) is 0.477. The monoisotopic (exact) mass is 254 g/mol. The van der Waals surface area contributed by atoms with Gasteiger partial charge < -0.3 is 9.47 Å². The van der Waals surface area contributed by atoms with Crippen LogP contribution >= 0.6 is 0 Å². The van der Waals surface area contributed by atoms with Crippen molar-refractivity contribution in [2.75, 3.05) is 7.11 Å². The lowest BCUT2D eigenvalue weighted by atomic mass is 10.2. The predicted molar refractivity (Wildman–Crippen MR) is 74.1 cm³/mol. The maximum absolute atomic E-state index is 11.6. The Morgan fingerprint density at radius 3 is 2.26 bits per heavy atom. The Balaban J connectivity index is 1.96. The molecular weight excluding hydrogens is 240 g/mol. The van der Waals surface area contributed by atoms with Crippen LogP contribution in [0.25, 0.3) is 6.08 Å². The molecule has 2 aromatic carbocycles. The molecule has 0 N–H and O–H groups in total. The number of rotatable bonds is 4. The van der Waals surface area contributed by atoms with Gasteiger partial charge in [0.05, 0.1) is 7.11 Å². The lowest BCUT2D eigenvalue weighted by molar-refractivity contribution is -0.128. The summed E-state index contributed by atoms with van der Waals surface area (Å²) in [6.45, 7) is 0. The first-order valence-electron chi connectivity index (χ1n) is 5.87. The highest BCUT2D eigenvalue weighted by Crippen LogP contribution is 2.13. The van der Waals surface area contributed by atoms with Gasteiger partial charge in [-0.05, 0) is 35.9 Å². The molecule has 0 bridgehead atoms. The Kier molecular flexibility index (Phi) is 4.34. The summed E-state index contributed by atoms with van der Waals surface area (Å²) in [5.41, 5.74) is 0.908. The first kappa shape index (κ1) is 12.9. The summed E-state index contributed by atoms with van der Waals surface area (Å²) in [6, 6.07) is 16.4. The van der Waals surface area contributed by atoms with Gasteiger partial charge in [-0.25, -0.2) is 4.79 Å². The number of carbonyl (C=O) groups is 1. The molecule has 3 nitrogen and oxygen atoms in total. The van der Waals surface area contributed by atoms with E-state index in [9.17, 15) is 4.79 Å². The third kappa shape index (κ3) is 4.00. The molecule has 2 rings (SSSR count). The molecule has 96 valence electrons. The van der Waals surface area contributed by atoms with Crippen LogP contribution in [-0.4, -0.2) is 13.1 Å². The fourth-order valence-corrected chi connectivity index (χ4v) is 1.52. The third-order valence-corrected chi connectivity index (χ3v) is 2.49. The standard InChI is InChI=1S/C16H14O3/c1-18-14-10-7-13(8-11-14)9-12-16(17)19-15-5-3-2-4-6-15/h2-12H,1H3/b12-9+. The van der Waals surface area contributed by atoms with E-state index in [4.69, 9.17) is 9.47 Å². The van der Waals surface area contributed by atoms with Crippen molar-refractivity contribution in [3.05, 3.63) is 66.2 Å². The van der Waals surface area contributed by atoms with E-state index < -0.39 is 5.97 Å². The summed E-state index contributed by atoms with van der Waals surface area (Å²) in [4.78, 5) is 11.6. The van der Waals surface area contributed by atoms with Crippen LogP contribution in [0.15, 0.2) is 60.7 Å². The molecule has 0 aliphatic rings. The molecule has 0 atom stereocenters. The first-order chi connectivity index (χ1) is 9.28. The van der Waals surface area contributed by atoms with E-state index in [0.29, 0.717) is 5.75 Å². The normalized spacial score (nSPS) is 10.4. The Hall–Kier alpha value is -2.55. The lowest BCUT2D eigenvalue weighted by Crippen LogP contribution is -2.03. The van der Waals surface area contributed by atoms with E-state index in [1.165, 1.54) is 6.08 Å². The van der Waals surface area contributed by atoms with E-state index in [-0.39, 0.29) is 0 Å². The van der Waals surface area contributed by atoms with Crippen molar-refractivity contribution in [2.24, 2.45) is 0 Å². The topological polar surface area (TPSA) is 35.5 Å². The zero-order valence-corrected chi connectivity index (χ0v) is 10.6. The van der Waals surface area contributed by atoms with Gasteiger partial charge in [-0.3, -0.25) is 0 Å². The maximum atomic E-state index is 11.6. The van der Waals surface area contributed by atoms with Gasteiger partial charge in [0.25, 0.3) is 0 Å². The van der Waals surface area contributed by atoms with Crippen LogP contribution in [0.4, 0.5) is 0 Å². The fourth-order valence-electron chi connectivity index (χ4n) is 1.52. The van der Waals surface area contributed by atoms with Gasteiger partial charge in [0.1, 0.15) is 11.5 Å². The minimum Gasteiger partial charge on any atom is -0.497 e. The number of benzene rings is 2. The van der Waals surface area contributed by atoms with Crippen LogP contribution in [0, 0.1) is 0 Å². The summed E-state index contributed by atoms with van der Waals surface area (Å²) in [5.74, 6) is 0.915. The van der Waals surface area contributed by atoms with Gasteiger partial charge in [-0.2, -0.15) is 0 Å². The van der Waals surface area contributed by atoms with Crippen molar-refractivity contribution in [1.82, 2.24) is 0 Å². The number of hydrogen-bond donors (Lipinski definition) is 0. The molecule has 0 aromatic heterocycles. The van der Waals surface area contributed by atoms with E-state index in [1.54, 1.807) is 25.3 Å². The molecule has 0 heterocycles. The molecule has 0 aliphatic heterocycles. The number of esters is 1. The number of methoxy groups -OCH3 is 1. The molecule has 0 radical (unpaired) electrons. The van der Waals surface area contributed by atoms with E-state index in [2.05, 4.69) is 0 Å². The van der Waals surface area contributed by atoms with Crippen molar-refractivity contribution < 1.29 is 14.3 Å². The highest BCUT2D eigenvalue weighted by Gasteiger charge is 1.99. The molecule has 0 fully saturated rings. The summed E-state index contributed by atoms with van der Waals surface area (Å²) < 4.78 is 10.2. The van der Waals surface area contributed by atoms with Crippen molar-refractivity contribution in [3.63, 3.8) is 0 Å². The number of hydrogen-bond acceptors (Lipinski definition) is 3. The number of para-hydroxylation sites is 1. The minimum absolute atomic E-state index is 0.401. The minimum atomic E-state index is -0.401. The Bertz CT molecular complexity index is 556.